The molecule has 2 heterocycles. The van der Waals surface area contributed by atoms with Crippen molar-refractivity contribution in [3.63, 3.8) is 0 Å². The van der Waals surface area contributed by atoms with Crippen LogP contribution in [0.25, 0.3) is 0 Å². The van der Waals surface area contributed by atoms with E-state index in [1.54, 1.807) is 18.5 Å². The van der Waals surface area contributed by atoms with Crippen LogP contribution in [-0.4, -0.2) is 19.7 Å². The van der Waals surface area contributed by atoms with Crippen LogP contribution in [0.2, 0.25) is 0 Å². The van der Waals surface area contributed by atoms with Crippen LogP contribution in [0, 0.1) is 0 Å². The second kappa shape index (κ2) is 4.74. The maximum absolute atomic E-state index is 4.26. The quantitative estimate of drug-likeness (QED) is 0.849. The fourth-order valence-electron chi connectivity index (χ4n) is 1.32. The summed E-state index contributed by atoms with van der Waals surface area (Å²) >= 11 is 0. The summed E-state index contributed by atoms with van der Waals surface area (Å²) in [6.45, 7) is 4.89. The molecular weight excluding hydrogens is 202 g/mol. The predicted molar refractivity (Wildman–Crippen MR) is 62.0 cm³/mol. The zero-order chi connectivity index (χ0) is 11.4. The number of hydrogen-bond acceptors (Lipinski definition) is 4. The van der Waals surface area contributed by atoms with Crippen molar-refractivity contribution in [2.24, 2.45) is 0 Å². The van der Waals surface area contributed by atoms with Crippen molar-refractivity contribution in [3.8, 4) is 0 Å². The fraction of sp³-hybridized carbons (Fsp3) is 0.364. The van der Waals surface area contributed by atoms with Gasteiger partial charge in [-0.25, -0.2) is 9.97 Å². The Morgan fingerprint density at radius 1 is 1.31 bits per heavy atom. The maximum Gasteiger partial charge on any atom is 0.222 e. The largest absolute Gasteiger partial charge is 0.350 e. The van der Waals surface area contributed by atoms with E-state index in [0.29, 0.717) is 18.5 Å². The molecule has 2 aromatic heterocycles. The van der Waals surface area contributed by atoms with Gasteiger partial charge in [0.1, 0.15) is 0 Å². The Bertz CT molecular complexity index is 435. The maximum atomic E-state index is 4.26. The SMILES string of the molecule is CC(C)n1cc(CNc2ncccn2)cn1. The van der Waals surface area contributed by atoms with Gasteiger partial charge in [-0.2, -0.15) is 5.10 Å². The van der Waals surface area contributed by atoms with Crippen molar-refractivity contribution in [1.29, 1.82) is 0 Å². The number of nitrogens with one attached hydrogen (secondary N) is 1. The summed E-state index contributed by atoms with van der Waals surface area (Å²) < 4.78 is 1.93. The molecule has 0 aliphatic heterocycles. The highest BCUT2D eigenvalue weighted by atomic mass is 15.3. The van der Waals surface area contributed by atoms with Crippen molar-refractivity contribution >= 4 is 5.95 Å². The Morgan fingerprint density at radius 3 is 2.69 bits per heavy atom. The number of anilines is 1. The number of hydrogen-bond donors (Lipinski definition) is 1. The molecule has 0 aromatic carbocycles. The third-order valence-electron chi connectivity index (χ3n) is 2.20. The molecule has 0 atom stereocenters. The highest BCUT2D eigenvalue weighted by Crippen LogP contribution is 2.06. The van der Waals surface area contributed by atoms with Crippen molar-refractivity contribution in [1.82, 2.24) is 19.7 Å². The van der Waals surface area contributed by atoms with E-state index in [1.807, 2.05) is 17.1 Å². The average molecular weight is 217 g/mol. The molecule has 2 rings (SSSR count). The molecule has 0 radical (unpaired) electrons. The fourth-order valence-corrected chi connectivity index (χ4v) is 1.32. The third kappa shape index (κ3) is 2.56. The summed E-state index contributed by atoms with van der Waals surface area (Å²) in [7, 11) is 0. The van der Waals surface area contributed by atoms with Gasteiger partial charge in [0.25, 0.3) is 0 Å². The Morgan fingerprint density at radius 2 is 2.06 bits per heavy atom. The first-order chi connectivity index (χ1) is 7.75. The van der Waals surface area contributed by atoms with Crippen LogP contribution >= 0.6 is 0 Å². The topological polar surface area (TPSA) is 55.6 Å². The standard InChI is InChI=1S/C11H15N5/c1-9(2)16-8-10(7-15-16)6-14-11-12-4-3-5-13-11/h3-5,7-9H,6H2,1-2H3,(H,12,13,14). The molecule has 5 heteroatoms. The Kier molecular flexibility index (Phi) is 3.14. The highest BCUT2D eigenvalue weighted by molar-refractivity contribution is 5.24. The molecule has 0 fully saturated rings. The van der Waals surface area contributed by atoms with Gasteiger partial charge in [-0.05, 0) is 19.9 Å². The molecule has 0 bridgehead atoms. The van der Waals surface area contributed by atoms with Gasteiger partial charge < -0.3 is 5.32 Å². The molecule has 0 amide bonds. The summed E-state index contributed by atoms with van der Waals surface area (Å²) in [6, 6.07) is 2.18. The van der Waals surface area contributed by atoms with E-state index < -0.39 is 0 Å². The molecule has 5 nitrogen and oxygen atoms in total. The zero-order valence-electron chi connectivity index (χ0n) is 9.46. The third-order valence-corrected chi connectivity index (χ3v) is 2.20. The molecule has 1 N–H and O–H groups in total. The van der Waals surface area contributed by atoms with Crippen LogP contribution in [0.15, 0.2) is 30.9 Å². The molecule has 0 spiro atoms. The number of rotatable bonds is 4. The molecular formula is C11H15N5. The average Bonchev–Trinajstić information content (AvgIpc) is 2.76. The van der Waals surface area contributed by atoms with Gasteiger partial charge in [-0.1, -0.05) is 0 Å². The summed E-state index contributed by atoms with van der Waals surface area (Å²) in [5.41, 5.74) is 1.13. The lowest BCUT2D eigenvalue weighted by atomic mass is 10.3. The highest BCUT2D eigenvalue weighted by Gasteiger charge is 2.01. The first-order valence-electron chi connectivity index (χ1n) is 5.29. The lowest BCUT2D eigenvalue weighted by molar-refractivity contribution is 0.532. The minimum absolute atomic E-state index is 0.390. The van der Waals surface area contributed by atoms with Crippen LogP contribution in [0.5, 0.6) is 0 Å². The second-order valence-electron chi connectivity index (χ2n) is 3.85. The van der Waals surface area contributed by atoms with Crippen molar-refractivity contribution in [3.05, 3.63) is 36.4 Å². The molecule has 16 heavy (non-hydrogen) atoms. The van der Waals surface area contributed by atoms with E-state index in [4.69, 9.17) is 0 Å². The minimum atomic E-state index is 0.390. The zero-order valence-corrected chi connectivity index (χ0v) is 9.46. The molecule has 0 aliphatic rings. The van der Waals surface area contributed by atoms with Crippen LogP contribution in [0.4, 0.5) is 5.95 Å². The van der Waals surface area contributed by atoms with E-state index in [1.165, 1.54) is 0 Å². The summed E-state index contributed by atoms with van der Waals surface area (Å²) in [6.07, 6.45) is 7.32. The predicted octanol–water partition coefficient (Wildman–Crippen LogP) is 1.87. The van der Waals surface area contributed by atoms with Crippen LogP contribution in [0.1, 0.15) is 25.5 Å². The van der Waals surface area contributed by atoms with Gasteiger partial charge in [0.05, 0.1) is 6.20 Å². The van der Waals surface area contributed by atoms with Gasteiger partial charge in [0.2, 0.25) is 5.95 Å². The summed E-state index contributed by atoms with van der Waals surface area (Å²) in [5.74, 6) is 0.639. The van der Waals surface area contributed by atoms with Gasteiger partial charge in [-0.15, -0.1) is 0 Å². The van der Waals surface area contributed by atoms with Crippen LogP contribution in [0.3, 0.4) is 0 Å². The first kappa shape index (κ1) is 10.6. The molecule has 0 saturated heterocycles. The summed E-state index contributed by atoms with van der Waals surface area (Å²) in [4.78, 5) is 8.17. The first-order valence-corrected chi connectivity index (χ1v) is 5.29. The Hall–Kier alpha value is -1.91. The van der Waals surface area contributed by atoms with Crippen LogP contribution < -0.4 is 5.32 Å². The smallest absolute Gasteiger partial charge is 0.222 e. The van der Waals surface area contributed by atoms with E-state index in [-0.39, 0.29) is 0 Å². The van der Waals surface area contributed by atoms with Gasteiger partial charge in [0.15, 0.2) is 0 Å². The Labute approximate surface area is 94.5 Å². The normalized spacial score (nSPS) is 10.7. The monoisotopic (exact) mass is 217 g/mol. The number of nitrogens with zero attached hydrogens (tertiary/aromatic N) is 4. The van der Waals surface area contributed by atoms with Crippen molar-refractivity contribution in [2.75, 3.05) is 5.32 Å². The van der Waals surface area contributed by atoms with Gasteiger partial charge >= 0.3 is 0 Å². The second-order valence-corrected chi connectivity index (χ2v) is 3.85. The summed E-state index contributed by atoms with van der Waals surface area (Å²) in [5, 5.41) is 7.40. The van der Waals surface area contributed by atoms with Gasteiger partial charge in [0, 0.05) is 36.7 Å². The van der Waals surface area contributed by atoms with Crippen molar-refractivity contribution < 1.29 is 0 Å². The van der Waals surface area contributed by atoms with E-state index in [9.17, 15) is 0 Å². The van der Waals surface area contributed by atoms with Crippen molar-refractivity contribution in [2.45, 2.75) is 26.4 Å². The van der Waals surface area contributed by atoms with E-state index >= 15 is 0 Å². The molecule has 2 aromatic rings. The van der Waals surface area contributed by atoms with E-state index in [0.717, 1.165) is 5.56 Å². The number of aromatic nitrogens is 4. The molecule has 84 valence electrons. The Balaban J connectivity index is 1.95. The molecule has 0 aliphatic carbocycles. The van der Waals surface area contributed by atoms with E-state index in [2.05, 4.69) is 34.2 Å². The lowest BCUT2D eigenvalue weighted by Crippen LogP contribution is -2.03. The van der Waals surface area contributed by atoms with Crippen LogP contribution in [-0.2, 0) is 6.54 Å². The lowest BCUT2D eigenvalue weighted by Gasteiger charge is -2.03. The van der Waals surface area contributed by atoms with Gasteiger partial charge in [-0.3, -0.25) is 4.68 Å². The molecule has 0 saturated carbocycles. The molecule has 0 unspecified atom stereocenters. The minimum Gasteiger partial charge on any atom is -0.350 e.